The maximum atomic E-state index is 13.5. The third kappa shape index (κ3) is 1.94. The largest absolute Gasteiger partial charge is 0.260 e. The minimum Gasteiger partial charge on any atom is -0.260 e. The zero-order valence-electron chi connectivity index (χ0n) is 9.39. The molecule has 0 saturated carbocycles. The first kappa shape index (κ1) is 11.7. The van der Waals surface area contributed by atoms with Gasteiger partial charge in [-0.3, -0.25) is 4.98 Å². The van der Waals surface area contributed by atoms with E-state index in [1.165, 1.54) is 29.7 Å². The highest BCUT2D eigenvalue weighted by molar-refractivity contribution is 7.21. The second-order valence-corrected chi connectivity index (χ2v) is 4.82. The fourth-order valence-electron chi connectivity index (χ4n) is 1.73. The van der Waals surface area contributed by atoms with Crippen LogP contribution in [-0.4, -0.2) is 9.97 Å². The highest BCUT2D eigenvalue weighted by atomic mass is 32.1. The molecule has 0 aliphatic carbocycles. The van der Waals surface area contributed by atoms with Gasteiger partial charge in [0.25, 0.3) is 0 Å². The van der Waals surface area contributed by atoms with Crippen LogP contribution in [0.3, 0.4) is 0 Å². The number of aromatic nitrogens is 2. The molecule has 0 atom stereocenters. The summed E-state index contributed by atoms with van der Waals surface area (Å²) in [5, 5.41) is 9.48. The van der Waals surface area contributed by atoms with Crippen molar-refractivity contribution in [2.75, 3.05) is 0 Å². The predicted octanol–water partition coefficient (Wildman–Crippen LogP) is 3.51. The molecule has 0 aliphatic heterocycles. The number of nitrogens with zero attached hydrogens (tertiary/aromatic N) is 3. The van der Waals surface area contributed by atoms with Gasteiger partial charge in [0.05, 0.1) is 22.5 Å². The Bertz CT molecular complexity index is 820. The normalized spacial score (nSPS) is 10.6. The number of halogens is 2. The molecule has 6 heteroatoms. The van der Waals surface area contributed by atoms with E-state index in [0.717, 1.165) is 12.3 Å². The molecule has 2 heterocycles. The predicted molar refractivity (Wildman–Crippen MR) is 67.5 cm³/mol. The average Bonchev–Trinajstić information content (AvgIpc) is 2.83. The van der Waals surface area contributed by atoms with Crippen LogP contribution in [0.5, 0.6) is 0 Å². The van der Waals surface area contributed by atoms with Crippen LogP contribution in [0, 0.1) is 23.0 Å². The average molecular weight is 273 g/mol. The van der Waals surface area contributed by atoms with E-state index >= 15 is 0 Å². The maximum Gasteiger partial charge on any atom is 0.168 e. The van der Waals surface area contributed by atoms with Gasteiger partial charge in [-0.1, -0.05) is 0 Å². The topological polar surface area (TPSA) is 49.6 Å². The van der Waals surface area contributed by atoms with Crippen LogP contribution < -0.4 is 0 Å². The van der Waals surface area contributed by atoms with Crippen LogP contribution in [-0.2, 0) is 0 Å². The van der Waals surface area contributed by atoms with Gasteiger partial charge in [-0.25, -0.2) is 13.8 Å². The van der Waals surface area contributed by atoms with E-state index in [4.69, 9.17) is 5.26 Å². The van der Waals surface area contributed by atoms with Crippen LogP contribution in [0.4, 0.5) is 8.78 Å². The van der Waals surface area contributed by atoms with Gasteiger partial charge >= 0.3 is 0 Å². The first-order chi connectivity index (χ1) is 9.19. The zero-order valence-corrected chi connectivity index (χ0v) is 10.2. The first-order valence-corrected chi connectivity index (χ1v) is 6.11. The van der Waals surface area contributed by atoms with E-state index in [1.807, 2.05) is 6.07 Å². The number of fused-ring (bicyclic) bond motifs is 1. The molecule has 0 radical (unpaired) electrons. The molecule has 0 N–H and O–H groups in total. The van der Waals surface area contributed by atoms with Crippen molar-refractivity contribution in [2.24, 2.45) is 0 Å². The maximum absolute atomic E-state index is 13.5. The monoisotopic (exact) mass is 273 g/mol. The quantitative estimate of drug-likeness (QED) is 0.681. The van der Waals surface area contributed by atoms with Gasteiger partial charge in [-0.2, -0.15) is 5.26 Å². The third-order valence-corrected chi connectivity index (χ3v) is 3.61. The van der Waals surface area contributed by atoms with Gasteiger partial charge in [0, 0.05) is 11.8 Å². The first-order valence-electron chi connectivity index (χ1n) is 5.29. The van der Waals surface area contributed by atoms with Crippen molar-refractivity contribution in [3.8, 4) is 16.6 Å². The fraction of sp³-hybridized carbons (Fsp3) is 0. The van der Waals surface area contributed by atoms with Gasteiger partial charge in [-0.15, -0.1) is 11.3 Å². The number of benzene rings is 1. The second-order valence-electron chi connectivity index (χ2n) is 3.79. The molecule has 0 aliphatic rings. The Morgan fingerprint density at radius 2 is 2.05 bits per heavy atom. The van der Waals surface area contributed by atoms with Crippen molar-refractivity contribution >= 4 is 21.6 Å². The molecule has 0 spiro atoms. The molecule has 3 aromatic rings. The van der Waals surface area contributed by atoms with Crippen molar-refractivity contribution < 1.29 is 8.78 Å². The van der Waals surface area contributed by atoms with Crippen molar-refractivity contribution in [1.82, 2.24) is 9.97 Å². The lowest BCUT2D eigenvalue weighted by atomic mass is 10.1. The van der Waals surface area contributed by atoms with Gasteiger partial charge in [0.2, 0.25) is 0 Å². The number of pyridine rings is 1. The summed E-state index contributed by atoms with van der Waals surface area (Å²) in [4.78, 5) is 7.90. The highest BCUT2D eigenvalue weighted by Gasteiger charge is 2.13. The lowest BCUT2D eigenvalue weighted by Crippen LogP contribution is -1.86. The summed E-state index contributed by atoms with van der Waals surface area (Å²) in [5.74, 6) is -1.00. The summed E-state index contributed by atoms with van der Waals surface area (Å²) < 4.78 is 27.2. The van der Waals surface area contributed by atoms with E-state index < -0.39 is 11.6 Å². The molecular formula is C13H5F2N3S. The summed E-state index contributed by atoms with van der Waals surface area (Å²) in [6.07, 6.45) is 2.59. The SMILES string of the molecule is N#Cc1cc(F)ccc1-c1nc2c(F)cncc2s1. The molecule has 0 unspecified atom stereocenters. The summed E-state index contributed by atoms with van der Waals surface area (Å²) in [7, 11) is 0. The Labute approximate surface area is 110 Å². The van der Waals surface area contributed by atoms with E-state index in [9.17, 15) is 8.78 Å². The Morgan fingerprint density at radius 1 is 1.21 bits per heavy atom. The summed E-state index contributed by atoms with van der Waals surface area (Å²) in [5.41, 5.74) is 0.875. The zero-order chi connectivity index (χ0) is 13.4. The molecule has 0 amide bonds. The van der Waals surface area contributed by atoms with E-state index in [0.29, 0.717) is 15.3 Å². The van der Waals surface area contributed by atoms with Gasteiger partial charge in [0.1, 0.15) is 16.3 Å². The van der Waals surface area contributed by atoms with Crippen LogP contribution >= 0.6 is 11.3 Å². The third-order valence-electron chi connectivity index (χ3n) is 2.59. The van der Waals surface area contributed by atoms with Crippen molar-refractivity contribution in [3.63, 3.8) is 0 Å². The minimum absolute atomic E-state index is 0.174. The number of rotatable bonds is 1. The number of nitriles is 1. The Kier molecular flexibility index (Phi) is 2.69. The highest BCUT2D eigenvalue weighted by Crippen LogP contribution is 2.32. The van der Waals surface area contributed by atoms with Crippen LogP contribution in [0.2, 0.25) is 0 Å². The van der Waals surface area contributed by atoms with Crippen molar-refractivity contribution in [1.29, 1.82) is 5.26 Å². The standard InChI is InChI=1S/C13H5F2N3S/c14-8-1-2-9(7(3-8)4-16)13-18-12-10(15)5-17-6-11(12)19-13/h1-3,5-6H. The summed E-state index contributed by atoms with van der Waals surface area (Å²) >= 11 is 1.21. The molecule has 3 rings (SSSR count). The Hall–Kier alpha value is -2.39. The van der Waals surface area contributed by atoms with Crippen molar-refractivity contribution in [2.45, 2.75) is 0 Å². The minimum atomic E-state index is -0.513. The van der Waals surface area contributed by atoms with Crippen molar-refractivity contribution in [3.05, 3.63) is 47.8 Å². The number of hydrogen-bond donors (Lipinski definition) is 0. The molecule has 19 heavy (non-hydrogen) atoms. The molecule has 92 valence electrons. The number of thiazole rings is 1. The van der Waals surface area contributed by atoms with Gasteiger partial charge in [0.15, 0.2) is 5.82 Å². The molecule has 3 nitrogen and oxygen atoms in total. The number of hydrogen-bond acceptors (Lipinski definition) is 4. The lowest BCUT2D eigenvalue weighted by Gasteiger charge is -1.99. The molecular weight excluding hydrogens is 268 g/mol. The molecule has 2 aromatic heterocycles. The van der Waals surface area contributed by atoms with E-state index in [-0.39, 0.29) is 11.1 Å². The van der Waals surface area contributed by atoms with Gasteiger partial charge in [-0.05, 0) is 18.2 Å². The fourth-order valence-corrected chi connectivity index (χ4v) is 2.72. The van der Waals surface area contributed by atoms with E-state index in [2.05, 4.69) is 9.97 Å². The summed E-state index contributed by atoms with van der Waals surface area (Å²) in [6.45, 7) is 0. The second kappa shape index (κ2) is 4.37. The Balaban J connectivity index is 2.25. The summed E-state index contributed by atoms with van der Waals surface area (Å²) in [6, 6.07) is 5.76. The van der Waals surface area contributed by atoms with Crippen LogP contribution in [0.25, 0.3) is 20.8 Å². The van der Waals surface area contributed by atoms with Crippen LogP contribution in [0.15, 0.2) is 30.6 Å². The Morgan fingerprint density at radius 3 is 2.79 bits per heavy atom. The molecule has 0 bridgehead atoms. The smallest absolute Gasteiger partial charge is 0.168 e. The van der Waals surface area contributed by atoms with Gasteiger partial charge < -0.3 is 0 Å². The molecule has 0 fully saturated rings. The van der Waals surface area contributed by atoms with E-state index in [1.54, 1.807) is 0 Å². The lowest BCUT2D eigenvalue weighted by molar-refractivity contribution is 0.627. The van der Waals surface area contributed by atoms with Crippen LogP contribution in [0.1, 0.15) is 5.56 Å². The molecule has 1 aromatic carbocycles. The molecule has 0 saturated heterocycles.